The van der Waals surface area contributed by atoms with Crippen LogP contribution in [0.25, 0.3) is 11.0 Å². The van der Waals surface area contributed by atoms with Crippen molar-refractivity contribution >= 4 is 24.4 Å². The number of nitrogens with one attached hydrogen (secondary N) is 1. The Morgan fingerprint density at radius 2 is 1.93 bits per heavy atom. The summed E-state index contributed by atoms with van der Waals surface area (Å²) in [4.78, 5) is 11.8. The van der Waals surface area contributed by atoms with Crippen LogP contribution in [0.15, 0.2) is 59.2 Å². The topological polar surface area (TPSA) is 103 Å². The lowest BCUT2D eigenvalue weighted by atomic mass is 9.74. The Kier molecular flexibility index (Phi) is 6.31. The van der Waals surface area contributed by atoms with E-state index in [9.17, 15) is 19.9 Å². The zero-order valence-electron chi connectivity index (χ0n) is 15.7. The summed E-state index contributed by atoms with van der Waals surface area (Å²) in [7, 11) is -1.64. The van der Waals surface area contributed by atoms with Gasteiger partial charge in [-0.25, -0.2) is 0 Å². The number of aldehydes is 1. The van der Waals surface area contributed by atoms with E-state index in [2.05, 4.69) is 5.32 Å². The van der Waals surface area contributed by atoms with Crippen LogP contribution in [0.5, 0.6) is 0 Å². The van der Waals surface area contributed by atoms with Gasteiger partial charge in [-0.1, -0.05) is 48.5 Å². The van der Waals surface area contributed by atoms with Gasteiger partial charge in [0.25, 0.3) is 0 Å². The van der Waals surface area contributed by atoms with Crippen LogP contribution in [0, 0.1) is 6.92 Å². The second-order valence-corrected chi connectivity index (χ2v) is 7.12. The van der Waals surface area contributed by atoms with E-state index in [-0.39, 0.29) is 6.54 Å². The smallest absolute Gasteiger partial charge is 0.464 e. The van der Waals surface area contributed by atoms with Gasteiger partial charge in [0, 0.05) is 17.9 Å². The van der Waals surface area contributed by atoms with Gasteiger partial charge in [0.15, 0.2) is 0 Å². The van der Waals surface area contributed by atoms with Crippen molar-refractivity contribution in [2.75, 3.05) is 13.2 Å². The molecule has 28 heavy (non-hydrogen) atoms. The third-order valence-electron chi connectivity index (χ3n) is 5.21. The van der Waals surface area contributed by atoms with Crippen molar-refractivity contribution < 1.29 is 24.4 Å². The summed E-state index contributed by atoms with van der Waals surface area (Å²) in [6, 6.07) is 14.7. The highest BCUT2D eigenvalue weighted by molar-refractivity contribution is 6.43. The molecule has 0 aliphatic heterocycles. The molecule has 7 heteroatoms. The molecule has 0 saturated heterocycles. The highest BCUT2D eigenvalue weighted by Crippen LogP contribution is 2.26. The molecule has 2 aromatic carbocycles. The van der Waals surface area contributed by atoms with Crippen LogP contribution in [0.2, 0.25) is 0 Å². The lowest BCUT2D eigenvalue weighted by Gasteiger charge is -2.29. The molecule has 0 saturated carbocycles. The number of aryl methyl sites for hydroxylation is 1. The number of benzene rings is 2. The predicted molar refractivity (Wildman–Crippen MR) is 108 cm³/mol. The molecule has 0 radical (unpaired) electrons. The monoisotopic (exact) mass is 381 g/mol. The number of carbonyl (C=O) groups excluding carboxylic acids is 1. The largest absolute Gasteiger partial charge is 0.469 e. The number of hydrogen-bond acceptors (Lipinski definition) is 6. The molecule has 0 spiro atoms. The van der Waals surface area contributed by atoms with Gasteiger partial charge >= 0.3 is 7.12 Å². The molecule has 0 amide bonds. The van der Waals surface area contributed by atoms with Crippen LogP contribution in [0.4, 0.5) is 0 Å². The molecule has 4 N–H and O–H groups in total. The maximum Gasteiger partial charge on any atom is 0.469 e. The SMILES string of the molecule is Cc1cccc2c(C[C@H](NC[C@@](C=O)(CO)c3ccccc3)B(O)O)coc12. The van der Waals surface area contributed by atoms with Crippen molar-refractivity contribution in [1.29, 1.82) is 0 Å². The van der Waals surface area contributed by atoms with Gasteiger partial charge in [-0.15, -0.1) is 0 Å². The first-order chi connectivity index (χ1) is 13.5. The number of aliphatic hydroxyl groups is 1. The van der Waals surface area contributed by atoms with E-state index in [1.807, 2.05) is 31.2 Å². The molecule has 0 fully saturated rings. The maximum absolute atomic E-state index is 11.8. The van der Waals surface area contributed by atoms with E-state index >= 15 is 0 Å². The van der Waals surface area contributed by atoms with E-state index in [1.54, 1.807) is 30.5 Å². The lowest BCUT2D eigenvalue weighted by molar-refractivity contribution is -0.113. The summed E-state index contributed by atoms with van der Waals surface area (Å²) in [5.41, 5.74) is 2.11. The average Bonchev–Trinajstić information content (AvgIpc) is 3.13. The number of rotatable bonds is 9. The number of carbonyl (C=O) groups is 1. The summed E-state index contributed by atoms with van der Waals surface area (Å²) in [5, 5.41) is 33.6. The first-order valence-corrected chi connectivity index (χ1v) is 9.18. The second-order valence-electron chi connectivity index (χ2n) is 7.12. The van der Waals surface area contributed by atoms with Crippen LogP contribution in [0.3, 0.4) is 0 Å². The first-order valence-electron chi connectivity index (χ1n) is 9.18. The van der Waals surface area contributed by atoms with E-state index in [0.717, 1.165) is 22.1 Å². The van der Waals surface area contributed by atoms with Crippen LogP contribution in [-0.2, 0) is 16.6 Å². The van der Waals surface area contributed by atoms with Gasteiger partial charge in [0.2, 0.25) is 0 Å². The van der Waals surface area contributed by atoms with Crippen LogP contribution in [-0.4, -0.2) is 47.7 Å². The van der Waals surface area contributed by atoms with Gasteiger partial charge in [0.05, 0.1) is 18.3 Å². The minimum absolute atomic E-state index is 0.0636. The van der Waals surface area contributed by atoms with E-state index in [4.69, 9.17) is 4.42 Å². The molecular formula is C21H24BNO5. The third-order valence-corrected chi connectivity index (χ3v) is 5.21. The fourth-order valence-electron chi connectivity index (χ4n) is 3.41. The average molecular weight is 381 g/mol. The fraction of sp³-hybridized carbons (Fsp3) is 0.286. The third kappa shape index (κ3) is 4.03. The number of aliphatic hydroxyl groups excluding tert-OH is 1. The molecule has 2 atom stereocenters. The lowest BCUT2D eigenvalue weighted by Crippen LogP contribution is -2.52. The zero-order valence-corrected chi connectivity index (χ0v) is 15.7. The second kappa shape index (κ2) is 8.71. The van der Waals surface area contributed by atoms with Gasteiger partial charge in [-0.05, 0) is 30.0 Å². The molecule has 6 nitrogen and oxygen atoms in total. The van der Waals surface area contributed by atoms with Gasteiger partial charge in [-0.3, -0.25) is 0 Å². The highest BCUT2D eigenvalue weighted by Gasteiger charge is 2.34. The Balaban J connectivity index is 1.81. The molecule has 0 aliphatic rings. The van der Waals surface area contributed by atoms with Crippen LogP contribution in [0.1, 0.15) is 16.7 Å². The predicted octanol–water partition coefficient (Wildman–Crippen LogP) is 1.38. The maximum atomic E-state index is 11.8. The Hall–Kier alpha value is -2.45. The Labute approximate surface area is 164 Å². The highest BCUT2D eigenvalue weighted by atomic mass is 16.4. The Morgan fingerprint density at radius 1 is 1.18 bits per heavy atom. The molecule has 3 rings (SSSR count). The van der Waals surface area contributed by atoms with Crippen molar-refractivity contribution in [3.8, 4) is 0 Å². The van der Waals surface area contributed by atoms with Crippen molar-refractivity contribution in [2.45, 2.75) is 24.7 Å². The molecular weight excluding hydrogens is 357 g/mol. The number of hydrogen-bond donors (Lipinski definition) is 4. The fourth-order valence-corrected chi connectivity index (χ4v) is 3.41. The van der Waals surface area contributed by atoms with Crippen molar-refractivity contribution in [1.82, 2.24) is 5.32 Å². The van der Waals surface area contributed by atoms with Gasteiger partial charge in [-0.2, -0.15) is 0 Å². The van der Waals surface area contributed by atoms with Crippen LogP contribution >= 0.6 is 0 Å². The molecule has 0 unspecified atom stereocenters. The molecule has 0 aliphatic carbocycles. The summed E-state index contributed by atoms with van der Waals surface area (Å²) < 4.78 is 5.63. The summed E-state index contributed by atoms with van der Waals surface area (Å²) in [5.74, 6) is -0.740. The summed E-state index contributed by atoms with van der Waals surface area (Å²) in [6.07, 6.45) is 2.61. The molecule has 146 valence electrons. The first kappa shape index (κ1) is 20.3. The Morgan fingerprint density at radius 3 is 2.57 bits per heavy atom. The van der Waals surface area contributed by atoms with Crippen molar-refractivity contribution in [3.05, 3.63) is 71.5 Å². The van der Waals surface area contributed by atoms with Gasteiger partial charge < -0.3 is 29.7 Å². The van der Waals surface area contributed by atoms with E-state index in [0.29, 0.717) is 18.3 Å². The van der Waals surface area contributed by atoms with E-state index < -0.39 is 25.1 Å². The molecule has 0 bridgehead atoms. The quantitative estimate of drug-likeness (QED) is 0.330. The molecule has 1 aromatic heterocycles. The minimum Gasteiger partial charge on any atom is -0.464 e. The van der Waals surface area contributed by atoms with Crippen molar-refractivity contribution in [3.63, 3.8) is 0 Å². The number of fused-ring (bicyclic) bond motifs is 1. The summed E-state index contributed by atoms with van der Waals surface area (Å²) >= 11 is 0. The number of furan rings is 1. The molecule has 1 heterocycles. The normalized spacial score (nSPS) is 14.6. The number of para-hydroxylation sites is 1. The Bertz CT molecular complexity index is 927. The zero-order chi connectivity index (χ0) is 20.1. The van der Waals surface area contributed by atoms with Gasteiger partial charge in [0.1, 0.15) is 11.9 Å². The van der Waals surface area contributed by atoms with Crippen molar-refractivity contribution in [2.24, 2.45) is 0 Å². The molecule has 3 aromatic rings. The summed E-state index contributed by atoms with van der Waals surface area (Å²) in [6.45, 7) is 1.62. The van der Waals surface area contributed by atoms with Crippen LogP contribution < -0.4 is 5.32 Å². The van der Waals surface area contributed by atoms with E-state index in [1.165, 1.54) is 0 Å². The standard InChI is InChI=1S/C21H24BNO5/c1-15-6-5-9-18-16(11-28-20(15)18)10-19(22(26)27)23-12-21(13-24,14-25)17-7-3-2-4-8-17/h2-9,11,13,19,23,25-27H,10,12,14H2,1H3/t19-,21+/m0/s1. The minimum atomic E-state index is -1.64.